The van der Waals surface area contributed by atoms with Gasteiger partial charge in [0.15, 0.2) is 23.0 Å². The van der Waals surface area contributed by atoms with Crippen LogP contribution in [0.3, 0.4) is 0 Å². The highest BCUT2D eigenvalue weighted by Crippen LogP contribution is 2.46. The van der Waals surface area contributed by atoms with E-state index >= 15 is 0 Å². The largest absolute Gasteiger partial charge is 0.493 e. The van der Waals surface area contributed by atoms with Crippen molar-refractivity contribution in [3.63, 3.8) is 0 Å². The molecule has 0 saturated heterocycles. The standard InChI is InChI=1S/C28H41NO5/c1-18(2)22-15-20-16-26(33-6)27(34-7)17-23(20)28(30)21(22)11-13-29(3)12-10-19-8-9-24(31-4)25(14-19)32-5/h8-9,14,16-18,21-22,28,30H,10-13,15H2,1-7H3/t21-,22?,28-/m1/s1. The molecule has 1 aliphatic carbocycles. The van der Waals surface area contributed by atoms with Crippen molar-refractivity contribution in [2.24, 2.45) is 17.8 Å². The summed E-state index contributed by atoms with van der Waals surface area (Å²) in [5, 5.41) is 11.4. The maximum atomic E-state index is 11.4. The molecule has 2 aromatic rings. The van der Waals surface area contributed by atoms with Crippen LogP contribution in [-0.2, 0) is 12.8 Å². The number of fused-ring (bicyclic) bond motifs is 1. The van der Waals surface area contributed by atoms with E-state index in [2.05, 4.69) is 31.9 Å². The molecule has 0 fully saturated rings. The van der Waals surface area contributed by atoms with Crippen molar-refractivity contribution in [1.29, 1.82) is 0 Å². The van der Waals surface area contributed by atoms with Crippen LogP contribution in [0.5, 0.6) is 23.0 Å². The maximum Gasteiger partial charge on any atom is 0.161 e. The Morgan fingerprint density at radius 1 is 0.882 bits per heavy atom. The first-order valence-corrected chi connectivity index (χ1v) is 12.1. The van der Waals surface area contributed by atoms with E-state index < -0.39 is 6.10 Å². The fourth-order valence-corrected chi connectivity index (χ4v) is 5.20. The van der Waals surface area contributed by atoms with Crippen molar-refractivity contribution in [1.82, 2.24) is 4.90 Å². The summed E-state index contributed by atoms with van der Waals surface area (Å²) in [7, 11) is 8.77. The Morgan fingerprint density at radius 2 is 1.50 bits per heavy atom. The predicted octanol–water partition coefficient (Wildman–Crippen LogP) is 4.76. The Kier molecular flexibility index (Phi) is 9.09. The molecule has 188 valence electrons. The topological polar surface area (TPSA) is 60.4 Å². The molecule has 6 nitrogen and oxygen atoms in total. The Hall–Kier alpha value is -2.44. The van der Waals surface area contributed by atoms with Crippen molar-refractivity contribution in [2.75, 3.05) is 48.6 Å². The molecule has 2 aromatic carbocycles. The van der Waals surface area contributed by atoms with Gasteiger partial charge in [-0.1, -0.05) is 19.9 Å². The molecule has 1 aliphatic rings. The molecular formula is C28H41NO5. The minimum absolute atomic E-state index is 0.203. The molecule has 1 unspecified atom stereocenters. The number of aliphatic hydroxyl groups is 1. The minimum Gasteiger partial charge on any atom is -0.493 e. The minimum atomic E-state index is -0.504. The summed E-state index contributed by atoms with van der Waals surface area (Å²) >= 11 is 0. The van der Waals surface area contributed by atoms with Gasteiger partial charge in [0.2, 0.25) is 0 Å². The van der Waals surface area contributed by atoms with Gasteiger partial charge in [-0.3, -0.25) is 0 Å². The van der Waals surface area contributed by atoms with Gasteiger partial charge < -0.3 is 29.0 Å². The molecule has 0 radical (unpaired) electrons. The molecule has 0 amide bonds. The van der Waals surface area contributed by atoms with Crippen LogP contribution < -0.4 is 18.9 Å². The molecule has 1 N–H and O–H groups in total. The van der Waals surface area contributed by atoms with Gasteiger partial charge in [0.25, 0.3) is 0 Å². The van der Waals surface area contributed by atoms with Gasteiger partial charge in [0, 0.05) is 6.54 Å². The van der Waals surface area contributed by atoms with Crippen molar-refractivity contribution in [3.8, 4) is 23.0 Å². The van der Waals surface area contributed by atoms with Crippen molar-refractivity contribution in [2.45, 2.75) is 39.2 Å². The van der Waals surface area contributed by atoms with Crippen LogP contribution in [-0.4, -0.2) is 58.6 Å². The average molecular weight is 472 g/mol. The summed E-state index contributed by atoms with van der Waals surface area (Å²) in [6.07, 6.45) is 2.32. The summed E-state index contributed by atoms with van der Waals surface area (Å²) in [6.45, 7) is 6.39. The smallest absolute Gasteiger partial charge is 0.161 e. The van der Waals surface area contributed by atoms with Crippen LogP contribution in [0.2, 0.25) is 0 Å². The van der Waals surface area contributed by atoms with E-state index in [-0.39, 0.29) is 5.92 Å². The quantitative estimate of drug-likeness (QED) is 0.510. The predicted molar refractivity (Wildman–Crippen MR) is 135 cm³/mol. The van der Waals surface area contributed by atoms with Gasteiger partial charge in [-0.15, -0.1) is 0 Å². The Labute approximate surface area is 204 Å². The van der Waals surface area contributed by atoms with E-state index in [1.54, 1.807) is 28.4 Å². The lowest BCUT2D eigenvalue weighted by molar-refractivity contribution is 0.0318. The summed E-state index contributed by atoms with van der Waals surface area (Å²) in [5.41, 5.74) is 3.37. The molecule has 0 heterocycles. The third kappa shape index (κ3) is 5.78. The van der Waals surface area contributed by atoms with Gasteiger partial charge in [0.05, 0.1) is 34.5 Å². The molecule has 0 bridgehead atoms. The lowest BCUT2D eigenvalue weighted by Crippen LogP contribution is -2.35. The molecule has 6 heteroatoms. The number of methoxy groups -OCH3 is 4. The fourth-order valence-electron chi connectivity index (χ4n) is 5.20. The van der Waals surface area contributed by atoms with Gasteiger partial charge in [-0.25, -0.2) is 0 Å². The normalized spacial score (nSPS) is 19.8. The number of aliphatic hydroxyl groups excluding tert-OH is 1. The van der Waals surface area contributed by atoms with Gasteiger partial charge in [0.1, 0.15) is 0 Å². The molecule has 0 saturated carbocycles. The highest BCUT2D eigenvalue weighted by molar-refractivity contribution is 5.49. The number of hydrogen-bond acceptors (Lipinski definition) is 6. The number of nitrogens with zero attached hydrogens (tertiary/aromatic N) is 1. The van der Waals surface area contributed by atoms with E-state index in [0.29, 0.717) is 17.6 Å². The lowest BCUT2D eigenvalue weighted by Gasteiger charge is -2.40. The molecule has 3 atom stereocenters. The zero-order valence-electron chi connectivity index (χ0n) is 21.8. The highest BCUT2D eigenvalue weighted by Gasteiger charge is 2.37. The maximum absolute atomic E-state index is 11.4. The Morgan fingerprint density at radius 3 is 2.12 bits per heavy atom. The first-order valence-electron chi connectivity index (χ1n) is 12.1. The molecule has 0 aliphatic heterocycles. The van der Waals surface area contributed by atoms with Crippen LogP contribution in [0, 0.1) is 17.8 Å². The van der Waals surface area contributed by atoms with Crippen LogP contribution in [0.4, 0.5) is 0 Å². The molecule has 0 spiro atoms. The fraction of sp³-hybridized carbons (Fsp3) is 0.571. The van der Waals surface area contributed by atoms with E-state index in [1.165, 1.54) is 11.1 Å². The summed E-state index contributed by atoms with van der Waals surface area (Å²) in [5.74, 6) is 4.02. The molecule has 34 heavy (non-hydrogen) atoms. The summed E-state index contributed by atoms with van der Waals surface area (Å²) in [4.78, 5) is 2.35. The van der Waals surface area contributed by atoms with Gasteiger partial charge >= 0.3 is 0 Å². The van der Waals surface area contributed by atoms with Crippen LogP contribution in [0.25, 0.3) is 0 Å². The average Bonchev–Trinajstić information content (AvgIpc) is 2.85. The molecular weight excluding hydrogens is 430 g/mol. The number of likely N-dealkylation sites (N-methyl/N-ethyl adjacent to an activating group) is 1. The molecule has 0 aromatic heterocycles. The zero-order chi connectivity index (χ0) is 24.8. The summed E-state index contributed by atoms with van der Waals surface area (Å²) in [6, 6.07) is 10.1. The first-order chi connectivity index (χ1) is 16.3. The van der Waals surface area contributed by atoms with Crippen molar-refractivity contribution in [3.05, 3.63) is 47.0 Å². The van der Waals surface area contributed by atoms with E-state index in [4.69, 9.17) is 18.9 Å². The zero-order valence-corrected chi connectivity index (χ0v) is 21.8. The second-order valence-electron chi connectivity index (χ2n) is 9.66. The van der Waals surface area contributed by atoms with Crippen LogP contribution >= 0.6 is 0 Å². The number of rotatable bonds is 11. The third-order valence-electron chi connectivity index (χ3n) is 7.31. The monoisotopic (exact) mass is 471 g/mol. The molecule has 3 rings (SSSR count). The SMILES string of the molecule is COc1ccc(CCN(C)CC[C@@H]2C(C(C)C)Cc3cc(OC)c(OC)cc3[C@@H]2O)cc1OC. The highest BCUT2D eigenvalue weighted by atomic mass is 16.5. The van der Waals surface area contributed by atoms with Gasteiger partial charge in [-0.05, 0) is 91.6 Å². The van der Waals surface area contributed by atoms with Crippen molar-refractivity contribution < 1.29 is 24.1 Å². The van der Waals surface area contributed by atoms with Crippen LogP contribution in [0.1, 0.15) is 43.1 Å². The summed E-state index contributed by atoms with van der Waals surface area (Å²) < 4.78 is 21.8. The second kappa shape index (κ2) is 11.8. The van der Waals surface area contributed by atoms with Gasteiger partial charge in [-0.2, -0.15) is 0 Å². The second-order valence-corrected chi connectivity index (χ2v) is 9.66. The van der Waals surface area contributed by atoms with Crippen molar-refractivity contribution >= 4 is 0 Å². The van der Waals surface area contributed by atoms with E-state index in [1.807, 2.05) is 24.3 Å². The number of ether oxygens (including phenoxy) is 4. The third-order valence-corrected chi connectivity index (χ3v) is 7.31. The van der Waals surface area contributed by atoms with Crippen LogP contribution in [0.15, 0.2) is 30.3 Å². The lowest BCUT2D eigenvalue weighted by atomic mass is 9.68. The number of hydrogen-bond donors (Lipinski definition) is 1. The Bertz CT molecular complexity index is 945. The van der Waals surface area contributed by atoms with E-state index in [9.17, 15) is 5.11 Å². The first kappa shape index (κ1) is 26.2. The Balaban J connectivity index is 1.67. The number of benzene rings is 2. The van der Waals surface area contributed by atoms with E-state index in [0.717, 1.165) is 55.2 Å².